The van der Waals surface area contributed by atoms with E-state index in [4.69, 9.17) is 9.84 Å². The van der Waals surface area contributed by atoms with Crippen molar-refractivity contribution in [1.29, 1.82) is 0 Å². The number of benzene rings is 1. The maximum atomic E-state index is 11.6. The first-order chi connectivity index (χ1) is 10.6. The number of aliphatic carboxylic acids is 1. The van der Waals surface area contributed by atoms with Gasteiger partial charge >= 0.3 is 12.1 Å². The van der Waals surface area contributed by atoms with Gasteiger partial charge in [-0.3, -0.25) is 10.1 Å². The van der Waals surface area contributed by atoms with E-state index in [9.17, 15) is 9.59 Å². The standard InChI is InChI=1S/C16H16N2O4/c19-15(20)9-7-12-6-8-14(17-10-12)18-16(21)22-11-13-4-2-1-3-5-13/h1-6,8,10H,7,9,11H2,(H,19,20)(H,17,18,21). The van der Waals surface area contributed by atoms with Crippen molar-refractivity contribution in [2.24, 2.45) is 0 Å². The summed E-state index contributed by atoms with van der Waals surface area (Å²) in [7, 11) is 0. The number of ether oxygens (including phenoxy) is 1. The summed E-state index contributed by atoms with van der Waals surface area (Å²) in [6.07, 6.45) is 1.40. The molecule has 114 valence electrons. The summed E-state index contributed by atoms with van der Waals surface area (Å²) < 4.78 is 5.07. The van der Waals surface area contributed by atoms with Gasteiger partial charge in [0.25, 0.3) is 0 Å². The summed E-state index contributed by atoms with van der Waals surface area (Å²) in [6, 6.07) is 12.7. The molecule has 6 heteroatoms. The lowest BCUT2D eigenvalue weighted by atomic mass is 10.1. The van der Waals surface area contributed by atoms with Crippen LogP contribution in [0.5, 0.6) is 0 Å². The quantitative estimate of drug-likeness (QED) is 0.856. The third-order valence-electron chi connectivity index (χ3n) is 2.90. The second-order valence-electron chi connectivity index (χ2n) is 4.63. The SMILES string of the molecule is O=C(O)CCc1ccc(NC(=O)OCc2ccccc2)nc1. The van der Waals surface area contributed by atoms with Gasteiger partial charge in [0, 0.05) is 12.6 Å². The van der Waals surface area contributed by atoms with E-state index in [1.807, 2.05) is 30.3 Å². The fourth-order valence-corrected chi connectivity index (χ4v) is 1.76. The van der Waals surface area contributed by atoms with Crippen molar-refractivity contribution < 1.29 is 19.4 Å². The summed E-state index contributed by atoms with van der Waals surface area (Å²) in [4.78, 5) is 26.2. The number of amides is 1. The number of hydrogen-bond donors (Lipinski definition) is 2. The molecule has 22 heavy (non-hydrogen) atoms. The van der Waals surface area contributed by atoms with Gasteiger partial charge in [0.05, 0.1) is 0 Å². The Kier molecular flexibility index (Phi) is 5.48. The molecule has 2 N–H and O–H groups in total. The van der Waals surface area contributed by atoms with Crippen LogP contribution in [0.2, 0.25) is 0 Å². The number of carbonyl (C=O) groups is 2. The lowest BCUT2D eigenvalue weighted by Crippen LogP contribution is -2.14. The highest BCUT2D eigenvalue weighted by molar-refractivity contribution is 5.83. The van der Waals surface area contributed by atoms with Gasteiger partial charge in [0.2, 0.25) is 0 Å². The normalized spacial score (nSPS) is 10.0. The highest BCUT2D eigenvalue weighted by Crippen LogP contribution is 2.08. The predicted molar refractivity (Wildman–Crippen MR) is 80.4 cm³/mol. The second kappa shape index (κ2) is 7.78. The number of carboxylic acids is 1. The Morgan fingerprint density at radius 2 is 1.86 bits per heavy atom. The molecule has 0 bridgehead atoms. The second-order valence-corrected chi connectivity index (χ2v) is 4.63. The number of rotatable bonds is 6. The van der Waals surface area contributed by atoms with E-state index < -0.39 is 12.1 Å². The maximum absolute atomic E-state index is 11.6. The third-order valence-corrected chi connectivity index (χ3v) is 2.90. The fourth-order valence-electron chi connectivity index (χ4n) is 1.76. The van der Waals surface area contributed by atoms with Crippen LogP contribution < -0.4 is 5.32 Å². The molecule has 1 aromatic heterocycles. The van der Waals surface area contributed by atoms with Crippen LogP contribution >= 0.6 is 0 Å². The summed E-state index contributed by atoms with van der Waals surface area (Å²) in [6.45, 7) is 0.184. The monoisotopic (exact) mass is 300 g/mol. The molecule has 0 unspecified atom stereocenters. The third kappa shape index (κ3) is 5.24. The minimum atomic E-state index is -0.855. The van der Waals surface area contributed by atoms with E-state index in [1.54, 1.807) is 12.1 Å². The van der Waals surface area contributed by atoms with Crippen LogP contribution in [0.3, 0.4) is 0 Å². The predicted octanol–water partition coefficient (Wildman–Crippen LogP) is 2.85. The first-order valence-electron chi connectivity index (χ1n) is 6.78. The van der Waals surface area contributed by atoms with Gasteiger partial charge < -0.3 is 9.84 Å². The Hall–Kier alpha value is -2.89. The number of hydrogen-bond acceptors (Lipinski definition) is 4. The zero-order valence-electron chi connectivity index (χ0n) is 11.9. The largest absolute Gasteiger partial charge is 0.481 e. The molecule has 0 radical (unpaired) electrons. The number of aryl methyl sites for hydroxylation is 1. The van der Waals surface area contributed by atoms with Gasteiger partial charge in [-0.25, -0.2) is 9.78 Å². The molecule has 0 atom stereocenters. The molecule has 1 aromatic carbocycles. The van der Waals surface area contributed by atoms with Gasteiger partial charge in [-0.1, -0.05) is 36.4 Å². The van der Waals surface area contributed by atoms with E-state index >= 15 is 0 Å². The Morgan fingerprint density at radius 3 is 2.50 bits per heavy atom. The van der Waals surface area contributed by atoms with Gasteiger partial charge in [-0.2, -0.15) is 0 Å². The number of anilines is 1. The van der Waals surface area contributed by atoms with Gasteiger partial charge in [-0.05, 0) is 23.6 Å². The summed E-state index contributed by atoms with van der Waals surface area (Å²) in [5.74, 6) is -0.496. The van der Waals surface area contributed by atoms with Crippen molar-refractivity contribution in [2.75, 3.05) is 5.32 Å². The van der Waals surface area contributed by atoms with Crippen molar-refractivity contribution >= 4 is 17.9 Å². The Labute approximate surface area is 127 Å². The van der Waals surface area contributed by atoms with Crippen molar-refractivity contribution in [1.82, 2.24) is 4.98 Å². The average molecular weight is 300 g/mol. The number of aromatic nitrogens is 1. The van der Waals surface area contributed by atoms with E-state index in [-0.39, 0.29) is 13.0 Å². The minimum Gasteiger partial charge on any atom is -0.481 e. The van der Waals surface area contributed by atoms with Crippen molar-refractivity contribution in [3.63, 3.8) is 0 Å². The molecule has 1 amide bonds. The van der Waals surface area contributed by atoms with E-state index in [1.165, 1.54) is 6.20 Å². The molecule has 2 aromatic rings. The molecule has 0 aliphatic carbocycles. The minimum absolute atomic E-state index is 0.0492. The summed E-state index contributed by atoms with van der Waals surface area (Å²) in [5.41, 5.74) is 1.69. The molecular formula is C16H16N2O4. The number of carbonyl (C=O) groups excluding carboxylic acids is 1. The number of carboxylic acid groups (broad SMARTS) is 1. The molecule has 0 aliphatic heterocycles. The number of nitrogens with zero attached hydrogens (tertiary/aromatic N) is 1. The first-order valence-corrected chi connectivity index (χ1v) is 6.78. The van der Waals surface area contributed by atoms with E-state index in [0.717, 1.165) is 11.1 Å². The molecule has 0 saturated heterocycles. The van der Waals surface area contributed by atoms with Crippen LogP contribution in [0, 0.1) is 0 Å². The zero-order valence-corrected chi connectivity index (χ0v) is 11.9. The molecule has 2 rings (SSSR count). The molecule has 0 saturated carbocycles. The van der Waals surface area contributed by atoms with Gasteiger partial charge in [0.15, 0.2) is 0 Å². The molecule has 0 spiro atoms. The van der Waals surface area contributed by atoms with Crippen LogP contribution in [0.1, 0.15) is 17.5 Å². The molecule has 6 nitrogen and oxygen atoms in total. The van der Waals surface area contributed by atoms with Crippen LogP contribution in [0.25, 0.3) is 0 Å². The fraction of sp³-hybridized carbons (Fsp3) is 0.188. The van der Waals surface area contributed by atoms with Crippen molar-refractivity contribution in [2.45, 2.75) is 19.4 Å². The first kappa shape index (κ1) is 15.5. The van der Waals surface area contributed by atoms with Gasteiger partial charge in [-0.15, -0.1) is 0 Å². The van der Waals surface area contributed by atoms with Crippen LogP contribution in [0.15, 0.2) is 48.7 Å². The van der Waals surface area contributed by atoms with Crippen molar-refractivity contribution in [3.05, 3.63) is 59.8 Å². The summed E-state index contributed by atoms with van der Waals surface area (Å²) >= 11 is 0. The van der Waals surface area contributed by atoms with Crippen LogP contribution in [0.4, 0.5) is 10.6 Å². The molecule has 0 aliphatic rings. The van der Waals surface area contributed by atoms with Gasteiger partial charge in [0.1, 0.15) is 12.4 Å². The van der Waals surface area contributed by atoms with Crippen molar-refractivity contribution in [3.8, 4) is 0 Å². The lowest BCUT2D eigenvalue weighted by Gasteiger charge is -2.07. The van der Waals surface area contributed by atoms with Crippen LogP contribution in [-0.2, 0) is 22.6 Å². The molecular weight excluding hydrogens is 284 g/mol. The lowest BCUT2D eigenvalue weighted by molar-refractivity contribution is -0.136. The van der Waals surface area contributed by atoms with E-state index in [2.05, 4.69) is 10.3 Å². The number of nitrogens with one attached hydrogen (secondary N) is 1. The average Bonchev–Trinajstić information content (AvgIpc) is 2.53. The Morgan fingerprint density at radius 1 is 1.09 bits per heavy atom. The zero-order chi connectivity index (χ0) is 15.8. The number of pyridine rings is 1. The Balaban J connectivity index is 1.80. The molecule has 1 heterocycles. The van der Waals surface area contributed by atoms with E-state index in [0.29, 0.717) is 12.2 Å². The maximum Gasteiger partial charge on any atom is 0.413 e. The highest BCUT2D eigenvalue weighted by Gasteiger charge is 2.05. The smallest absolute Gasteiger partial charge is 0.413 e. The topological polar surface area (TPSA) is 88.5 Å². The molecule has 0 fully saturated rings. The van der Waals surface area contributed by atoms with Crippen LogP contribution in [-0.4, -0.2) is 22.2 Å². The summed E-state index contributed by atoms with van der Waals surface area (Å²) in [5, 5.41) is 11.1. The highest BCUT2D eigenvalue weighted by atomic mass is 16.5. The Bertz CT molecular complexity index is 626.